The Bertz CT molecular complexity index is 147. The Morgan fingerprint density at radius 2 is 2.55 bits per heavy atom. The third-order valence-corrected chi connectivity index (χ3v) is 2.10. The number of nitriles is 1. The van der Waals surface area contributed by atoms with Gasteiger partial charge in [0.05, 0.1) is 19.2 Å². The molecule has 1 aliphatic heterocycles. The van der Waals surface area contributed by atoms with E-state index in [4.69, 9.17) is 10.00 Å². The smallest absolute Gasteiger partial charge is 0.0869 e. The van der Waals surface area contributed by atoms with Crippen LogP contribution in [0.25, 0.3) is 0 Å². The molecule has 0 aromatic rings. The van der Waals surface area contributed by atoms with Crippen LogP contribution in [0.15, 0.2) is 0 Å². The van der Waals surface area contributed by atoms with Crippen molar-refractivity contribution in [1.29, 1.82) is 5.26 Å². The van der Waals surface area contributed by atoms with E-state index in [2.05, 4.69) is 17.9 Å². The maximum absolute atomic E-state index is 8.50. The Morgan fingerprint density at radius 3 is 3.00 bits per heavy atom. The highest BCUT2D eigenvalue weighted by molar-refractivity contribution is 4.82. The molecular formula is C8H14N2O. The van der Waals surface area contributed by atoms with Gasteiger partial charge in [0, 0.05) is 12.6 Å². The van der Waals surface area contributed by atoms with E-state index in [1.165, 1.54) is 0 Å². The van der Waals surface area contributed by atoms with E-state index < -0.39 is 0 Å². The van der Waals surface area contributed by atoms with Crippen molar-refractivity contribution in [2.24, 2.45) is 0 Å². The molecule has 11 heavy (non-hydrogen) atoms. The second-order valence-corrected chi connectivity index (χ2v) is 2.74. The van der Waals surface area contributed by atoms with Gasteiger partial charge in [-0.1, -0.05) is 6.92 Å². The molecule has 1 heterocycles. The van der Waals surface area contributed by atoms with Crippen molar-refractivity contribution >= 4 is 0 Å². The highest BCUT2D eigenvalue weighted by atomic mass is 16.5. The van der Waals surface area contributed by atoms with Crippen LogP contribution in [0.4, 0.5) is 0 Å². The maximum Gasteiger partial charge on any atom is 0.0869 e. The van der Waals surface area contributed by atoms with Gasteiger partial charge in [0.1, 0.15) is 0 Å². The van der Waals surface area contributed by atoms with Crippen LogP contribution in [-0.2, 0) is 4.74 Å². The van der Waals surface area contributed by atoms with E-state index >= 15 is 0 Å². The molecule has 1 atom stereocenters. The van der Waals surface area contributed by atoms with E-state index in [1.807, 2.05) is 0 Å². The number of nitrogens with zero attached hydrogens (tertiary/aromatic N) is 2. The first kappa shape index (κ1) is 8.51. The minimum atomic E-state index is 0.486. The Hall–Kier alpha value is -0.590. The molecule has 3 heteroatoms. The Labute approximate surface area is 67.6 Å². The average Bonchev–Trinajstić information content (AvgIpc) is 2.52. The predicted molar refractivity (Wildman–Crippen MR) is 42.1 cm³/mol. The van der Waals surface area contributed by atoms with Crippen molar-refractivity contribution in [2.45, 2.75) is 19.4 Å². The van der Waals surface area contributed by atoms with E-state index in [0.717, 1.165) is 26.2 Å². The third kappa shape index (κ3) is 2.18. The number of hydrogen-bond acceptors (Lipinski definition) is 3. The first-order valence-electron chi connectivity index (χ1n) is 4.07. The first-order valence-corrected chi connectivity index (χ1v) is 4.07. The molecule has 0 aromatic heterocycles. The average molecular weight is 154 g/mol. The number of ether oxygens (including phenoxy) is 1. The summed E-state index contributed by atoms with van der Waals surface area (Å²) < 4.78 is 5.24. The van der Waals surface area contributed by atoms with Gasteiger partial charge in [0.25, 0.3) is 0 Å². The standard InChI is InChI=1S/C8H14N2O/c1-2-10(5-4-9)8-3-6-11-7-8/h8H,2-3,5-7H2,1H3. The molecule has 0 aliphatic carbocycles. The minimum absolute atomic E-state index is 0.486. The van der Waals surface area contributed by atoms with E-state index in [1.54, 1.807) is 0 Å². The van der Waals surface area contributed by atoms with E-state index in [9.17, 15) is 0 Å². The SMILES string of the molecule is CCN(CC#N)C1CCOC1. The summed E-state index contributed by atoms with van der Waals surface area (Å²) in [4.78, 5) is 2.16. The molecule has 0 aromatic carbocycles. The zero-order chi connectivity index (χ0) is 8.10. The van der Waals surface area contributed by atoms with Crippen LogP contribution < -0.4 is 0 Å². The molecule has 3 nitrogen and oxygen atoms in total. The van der Waals surface area contributed by atoms with Crippen molar-refractivity contribution in [1.82, 2.24) is 4.90 Å². The van der Waals surface area contributed by atoms with E-state index in [0.29, 0.717) is 12.6 Å². The van der Waals surface area contributed by atoms with Crippen molar-refractivity contribution in [3.63, 3.8) is 0 Å². The van der Waals surface area contributed by atoms with Gasteiger partial charge >= 0.3 is 0 Å². The lowest BCUT2D eigenvalue weighted by Crippen LogP contribution is -2.35. The Morgan fingerprint density at radius 1 is 1.73 bits per heavy atom. The maximum atomic E-state index is 8.50. The van der Waals surface area contributed by atoms with Gasteiger partial charge in [-0.3, -0.25) is 4.90 Å². The summed E-state index contributed by atoms with van der Waals surface area (Å²) in [5.41, 5.74) is 0. The fourth-order valence-electron chi connectivity index (χ4n) is 1.40. The molecular weight excluding hydrogens is 140 g/mol. The molecule has 0 amide bonds. The van der Waals surface area contributed by atoms with E-state index in [-0.39, 0.29) is 0 Å². The fourth-order valence-corrected chi connectivity index (χ4v) is 1.40. The Kier molecular flexibility index (Phi) is 3.34. The van der Waals surface area contributed by atoms with Crippen LogP contribution in [0.2, 0.25) is 0 Å². The molecule has 0 bridgehead atoms. The number of rotatable bonds is 3. The topological polar surface area (TPSA) is 36.3 Å². The van der Waals surface area contributed by atoms with Crippen LogP contribution in [-0.4, -0.2) is 37.2 Å². The van der Waals surface area contributed by atoms with Gasteiger partial charge in [-0.2, -0.15) is 5.26 Å². The van der Waals surface area contributed by atoms with Crippen LogP contribution in [0.1, 0.15) is 13.3 Å². The highest BCUT2D eigenvalue weighted by Crippen LogP contribution is 2.10. The zero-order valence-electron chi connectivity index (χ0n) is 6.92. The van der Waals surface area contributed by atoms with Crippen LogP contribution in [0.3, 0.4) is 0 Å². The normalized spacial score (nSPS) is 23.9. The summed E-state index contributed by atoms with van der Waals surface area (Å²) in [5.74, 6) is 0. The first-order chi connectivity index (χ1) is 5.38. The molecule has 62 valence electrons. The third-order valence-electron chi connectivity index (χ3n) is 2.10. The second kappa shape index (κ2) is 4.32. The van der Waals surface area contributed by atoms with Gasteiger partial charge in [0.2, 0.25) is 0 Å². The van der Waals surface area contributed by atoms with Gasteiger partial charge in [-0.05, 0) is 13.0 Å². The van der Waals surface area contributed by atoms with Crippen molar-refractivity contribution in [2.75, 3.05) is 26.3 Å². The highest BCUT2D eigenvalue weighted by Gasteiger charge is 2.21. The zero-order valence-corrected chi connectivity index (χ0v) is 6.92. The summed E-state index contributed by atoms with van der Waals surface area (Å²) in [6, 6.07) is 2.65. The molecule has 1 unspecified atom stereocenters. The summed E-state index contributed by atoms with van der Waals surface area (Å²) >= 11 is 0. The number of likely N-dealkylation sites (N-methyl/N-ethyl adjacent to an activating group) is 1. The van der Waals surface area contributed by atoms with Crippen molar-refractivity contribution < 1.29 is 4.74 Å². The monoisotopic (exact) mass is 154 g/mol. The molecule has 0 N–H and O–H groups in total. The van der Waals surface area contributed by atoms with Crippen molar-refractivity contribution in [3.05, 3.63) is 0 Å². The summed E-state index contributed by atoms with van der Waals surface area (Å²) in [6.07, 6.45) is 1.08. The quantitative estimate of drug-likeness (QED) is 0.559. The molecule has 0 spiro atoms. The largest absolute Gasteiger partial charge is 0.380 e. The summed E-state index contributed by atoms with van der Waals surface area (Å²) in [6.45, 7) is 5.21. The molecule has 0 saturated carbocycles. The minimum Gasteiger partial charge on any atom is -0.380 e. The van der Waals surface area contributed by atoms with Crippen LogP contribution in [0.5, 0.6) is 0 Å². The predicted octanol–water partition coefficient (Wildman–Crippen LogP) is 0.621. The second-order valence-electron chi connectivity index (χ2n) is 2.74. The van der Waals surface area contributed by atoms with Gasteiger partial charge < -0.3 is 4.74 Å². The summed E-state index contributed by atoms with van der Waals surface area (Å²) in [7, 11) is 0. The molecule has 1 aliphatic rings. The van der Waals surface area contributed by atoms with Crippen LogP contribution >= 0.6 is 0 Å². The molecule has 1 rings (SSSR count). The van der Waals surface area contributed by atoms with Gasteiger partial charge in [-0.25, -0.2) is 0 Å². The lowest BCUT2D eigenvalue weighted by molar-refractivity contribution is 0.155. The lowest BCUT2D eigenvalue weighted by atomic mass is 10.2. The molecule has 1 saturated heterocycles. The summed E-state index contributed by atoms with van der Waals surface area (Å²) in [5, 5.41) is 8.50. The fraction of sp³-hybridized carbons (Fsp3) is 0.875. The molecule has 1 fully saturated rings. The van der Waals surface area contributed by atoms with Crippen molar-refractivity contribution in [3.8, 4) is 6.07 Å². The van der Waals surface area contributed by atoms with Crippen LogP contribution in [0, 0.1) is 11.3 Å². The molecule has 0 radical (unpaired) electrons. The Balaban J connectivity index is 2.34. The lowest BCUT2D eigenvalue weighted by Gasteiger charge is -2.22. The van der Waals surface area contributed by atoms with Gasteiger partial charge in [-0.15, -0.1) is 0 Å². The number of hydrogen-bond donors (Lipinski definition) is 0. The van der Waals surface area contributed by atoms with Gasteiger partial charge in [0.15, 0.2) is 0 Å².